The lowest BCUT2D eigenvalue weighted by molar-refractivity contribution is 0.282. The fourth-order valence-corrected chi connectivity index (χ4v) is 1.89. The van der Waals surface area contributed by atoms with Gasteiger partial charge in [0.25, 0.3) is 0 Å². The number of hydrogen-bond donors (Lipinski definition) is 1. The first-order chi connectivity index (χ1) is 9.92. The average molecular weight is 304 g/mol. The predicted molar refractivity (Wildman–Crippen MR) is 64.1 cm³/mol. The zero-order chi connectivity index (χ0) is 15.7. The molecule has 0 spiro atoms. The van der Waals surface area contributed by atoms with Crippen LogP contribution in [-0.4, -0.2) is 12.2 Å². The van der Waals surface area contributed by atoms with Gasteiger partial charge >= 0.3 is 0 Å². The van der Waals surface area contributed by atoms with Crippen molar-refractivity contribution in [2.45, 2.75) is 6.61 Å². The molecule has 0 atom stereocenters. The molecular weight excluding hydrogens is 295 g/mol. The summed E-state index contributed by atoms with van der Waals surface area (Å²) >= 11 is 0. The summed E-state index contributed by atoms with van der Waals surface area (Å²) in [5, 5.41) is 9.17. The highest BCUT2D eigenvalue weighted by Crippen LogP contribution is 2.35. The van der Waals surface area contributed by atoms with Gasteiger partial charge in [-0.3, -0.25) is 0 Å². The molecule has 2 nitrogen and oxygen atoms in total. The molecule has 0 saturated heterocycles. The van der Waals surface area contributed by atoms with E-state index in [9.17, 15) is 27.1 Å². The Labute approximate surface area is 116 Å². The van der Waals surface area contributed by atoms with Crippen molar-refractivity contribution in [1.29, 1.82) is 0 Å². The second kappa shape index (κ2) is 5.69. The molecule has 112 valence electrons. The summed E-state index contributed by atoms with van der Waals surface area (Å²) in [4.78, 5) is 0. The van der Waals surface area contributed by atoms with Gasteiger partial charge in [-0.05, 0) is 23.3 Å². The van der Waals surface area contributed by atoms with Crippen molar-refractivity contribution < 1.29 is 31.8 Å². The number of rotatable bonds is 3. The van der Waals surface area contributed by atoms with Crippen LogP contribution < -0.4 is 4.74 Å². The summed E-state index contributed by atoms with van der Waals surface area (Å²) in [7, 11) is 1.27. The molecule has 0 aliphatic heterocycles. The second-order valence-electron chi connectivity index (χ2n) is 4.13. The Morgan fingerprint density at radius 2 is 1.43 bits per heavy atom. The van der Waals surface area contributed by atoms with E-state index in [2.05, 4.69) is 0 Å². The van der Waals surface area contributed by atoms with Gasteiger partial charge in [-0.1, -0.05) is 6.07 Å². The van der Waals surface area contributed by atoms with Crippen LogP contribution >= 0.6 is 0 Å². The van der Waals surface area contributed by atoms with Crippen LogP contribution in [-0.2, 0) is 6.61 Å². The molecule has 0 saturated carbocycles. The highest BCUT2D eigenvalue weighted by atomic mass is 19.2. The summed E-state index contributed by atoms with van der Waals surface area (Å²) in [5.41, 5.74) is -1.43. The Morgan fingerprint density at radius 3 is 1.90 bits per heavy atom. The molecule has 0 bridgehead atoms. The van der Waals surface area contributed by atoms with Gasteiger partial charge in [-0.25, -0.2) is 22.0 Å². The minimum atomic E-state index is -2.23. The van der Waals surface area contributed by atoms with Crippen LogP contribution in [0.1, 0.15) is 5.56 Å². The number of benzene rings is 2. The zero-order valence-corrected chi connectivity index (χ0v) is 10.7. The summed E-state index contributed by atoms with van der Waals surface area (Å²) in [6, 6.07) is 3.75. The standard InChI is InChI=1S/C14H9F5O2/c1-21-7-3-2-6(5-20)8(4-7)9-10(15)12(17)14(19)13(18)11(9)16/h2-4,20H,5H2,1H3. The maximum Gasteiger partial charge on any atom is 0.200 e. The van der Waals surface area contributed by atoms with E-state index in [1.807, 2.05) is 0 Å². The number of ether oxygens (including phenoxy) is 1. The molecule has 0 heterocycles. The molecule has 0 amide bonds. The Hall–Kier alpha value is -2.15. The van der Waals surface area contributed by atoms with Crippen molar-refractivity contribution in [3.8, 4) is 16.9 Å². The van der Waals surface area contributed by atoms with E-state index in [0.717, 1.165) is 6.07 Å². The number of hydrogen-bond acceptors (Lipinski definition) is 2. The van der Waals surface area contributed by atoms with Gasteiger partial charge in [0.15, 0.2) is 23.3 Å². The molecule has 21 heavy (non-hydrogen) atoms. The summed E-state index contributed by atoms with van der Waals surface area (Å²) in [6.07, 6.45) is 0. The summed E-state index contributed by atoms with van der Waals surface area (Å²) in [5.74, 6) is -10.1. The molecule has 0 aromatic heterocycles. The Morgan fingerprint density at radius 1 is 0.905 bits per heavy atom. The quantitative estimate of drug-likeness (QED) is 0.534. The van der Waals surface area contributed by atoms with Crippen LogP contribution in [0.4, 0.5) is 22.0 Å². The molecule has 7 heteroatoms. The third-order valence-electron chi connectivity index (χ3n) is 2.97. The third-order valence-corrected chi connectivity index (χ3v) is 2.97. The smallest absolute Gasteiger partial charge is 0.200 e. The molecule has 2 aromatic carbocycles. The maximum absolute atomic E-state index is 13.8. The van der Waals surface area contributed by atoms with Crippen molar-refractivity contribution in [3.63, 3.8) is 0 Å². The number of aliphatic hydroxyl groups is 1. The van der Waals surface area contributed by atoms with E-state index in [1.165, 1.54) is 19.2 Å². The molecule has 0 radical (unpaired) electrons. The van der Waals surface area contributed by atoms with Crippen molar-refractivity contribution in [2.24, 2.45) is 0 Å². The zero-order valence-electron chi connectivity index (χ0n) is 10.7. The molecule has 0 aliphatic carbocycles. The summed E-state index contributed by atoms with van der Waals surface area (Å²) in [6.45, 7) is -0.640. The van der Waals surface area contributed by atoms with Crippen molar-refractivity contribution in [3.05, 3.63) is 52.8 Å². The van der Waals surface area contributed by atoms with Crippen LogP contribution in [0.3, 0.4) is 0 Å². The normalized spacial score (nSPS) is 10.8. The number of aliphatic hydroxyl groups excluding tert-OH is 1. The fraction of sp³-hybridized carbons (Fsp3) is 0.143. The van der Waals surface area contributed by atoms with E-state index >= 15 is 0 Å². The second-order valence-corrected chi connectivity index (χ2v) is 4.13. The predicted octanol–water partition coefficient (Wildman–Crippen LogP) is 3.55. The summed E-state index contributed by atoms with van der Waals surface area (Å²) < 4.78 is 72.0. The largest absolute Gasteiger partial charge is 0.497 e. The first kappa shape index (κ1) is 15.2. The molecule has 0 aliphatic rings. The molecule has 2 aromatic rings. The molecule has 0 unspecified atom stereocenters. The van der Waals surface area contributed by atoms with E-state index in [1.54, 1.807) is 0 Å². The highest BCUT2D eigenvalue weighted by Gasteiger charge is 2.27. The lowest BCUT2D eigenvalue weighted by Gasteiger charge is -2.13. The first-order valence-electron chi connectivity index (χ1n) is 5.72. The monoisotopic (exact) mass is 304 g/mol. The van der Waals surface area contributed by atoms with Crippen LogP contribution in [0.15, 0.2) is 18.2 Å². The third kappa shape index (κ3) is 2.44. The van der Waals surface area contributed by atoms with Gasteiger partial charge in [0.05, 0.1) is 19.3 Å². The molecular formula is C14H9F5O2. The molecule has 2 rings (SSSR count). The minimum absolute atomic E-state index is 0.000918. The first-order valence-corrected chi connectivity index (χ1v) is 5.72. The van der Waals surface area contributed by atoms with Crippen molar-refractivity contribution >= 4 is 0 Å². The minimum Gasteiger partial charge on any atom is -0.497 e. The van der Waals surface area contributed by atoms with Crippen LogP contribution in [0, 0.1) is 29.1 Å². The van der Waals surface area contributed by atoms with E-state index in [-0.39, 0.29) is 16.9 Å². The van der Waals surface area contributed by atoms with E-state index in [0.29, 0.717) is 0 Å². The average Bonchev–Trinajstić information content (AvgIpc) is 2.51. The van der Waals surface area contributed by atoms with E-state index in [4.69, 9.17) is 4.74 Å². The van der Waals surface area contributed by atoms with Crippen molar-refractivity contribution in [2.75, 3.05) is 7.11 Å². The number of methoxy groups -OCH3 is 1. The van der Waals surface area contributed by atoms with Gasteiger partial charge in [0.1, 0.15) is 5.75 Å². The van der Waals surface area contributed by atoms with Gasteiger partial charge in [0, 0.05) is 0 Å². The molecule has 0 fully saturated rings. The van der Waals surface area contributed by atoms with Gasteiger partial charge in [-0.2, -0.15) is 0 Å². The van der Waals surface area contributed by atoms with Gasteiger partial charge in [-0.15, -0.1) is 0 Å². The van der Waals surface area contributed by atoms with Gasteiger partial charge in [0.2, 0.25) is 5.82 Å². The fourth-order valence-electron chi connectivity index (χ4n) is 1.89. The highest BCUT2D eigenvalue weighted by molar-refractivity contribution is 5.70. The topological polar surface area (TPSA) is 29.5 Å². The lowest BCUT2D eigenvalue weighted by atomic mass is 9.98. The SMILES string of the molecule is COc1ccc(CO)c(-c2c(F)c(F)c(F)c(F)c2F)c1. The van der Waals surface area contributed by atoms with Crippen molar-refractivity contribution in [1.82, 2.24) is 0 Å². The van der Waals surface area contributed by atoms with Crippen LogP contribution in [0.2, 0.25) is 0 Å². The van der Waals surface area contributed by atoms with Crippen LogP contribution in [0.5, 0.6) is 5.75 Å². The number of halogens is 5. The Bertz CT molecular complexity index is 671. The van der Waals surface area contributed by atoms with E-state index < -0.39 is 41.3 Å². The lowest BCUT2D eigenvalue weighted by Crippen LogP contribution is -2.05. The maximum atomic E-state index is 13.8. The Kier molecular flexibility index (Phi) is 4.13. The van der Waals surface area contributed by atoms with Crippen LogP contribution in [0.25, 0.3) is 11.1 Å². The molecule has 1 N–H and O–H groups in total. The van der Waals surface area contributed by atoms with Gasteiger partial charge < -0.3 is 9.84 Å². The Balaban J connectivity index is 2.84.